The number of aryl methyl sites for hydroxylation is 1. The Morgan fingerprint density at radius 1 is 1.25 bits per heavy atom. The Morgan fingerprint density at radius 2 is 2.17 bits per heavy atom. The standard InChI is InChI=1S/C17H11N2S.C12H17.C6H9N.Ir/c1-11-8-9-13-12-5-4-6-14(15-7-2-3-10-18-15)16(12)20-17(13)19-11;1-3-4-8-11(2)12-9-6-5-7-10-12;1-6-3-2-4-7-5-6;/h2-5,7-10H,1H3;3,8,12H,1-2,5-7,9-10H2;4-5H,2-3H2,1H3;/q2*-1;;/i1D3,2D,3D,7D,10D;1D,2D,8D,12D;1D3;. The van der Waals surface area contributed by atoms with Crippen LogP contribution in [0.3, 0.4) is 0 Å². The van der Waals surface area contributed by atoms with Gasteiger partial charge in [-0.3, -0.25) is 4.99 Å². The molecule has 1 radical (unpaired) electrons. The molecule has 0 amide bonds. The average molecular weight is 738 g/mol. The van der Waals surface area contributed by atoms with Crippen molar-refractivity contribution in [2.24, 2.45) is 10.9 Å². The van der Waals surface area contributed by atoms with Crippen molar-refractivity contribution < 1.29 is 39.3 Å². The predicted octanol–water partition coefficient (Wildman–Crippen LogP) is 10.0. The van der Waals surface area contributed by atoms with E-state index in [2.05, 4.69) is 27.1 Å². The van der Waals surface area contributed by atoms with Crippen LogP contribution in [0.5, 0.6) is 0 Å². The van der Waals surface area contributed by atoms with Crippen LogP contribution in [0.25, 0.3) is 31.6 Å². The second kappa shape index (κ2) is 16.3. The third-order valence-corrected chi connectivity index (χ3v) is 7.14. The second-order valence-electron chi connectivity index (χ2n) is 8.73. The van der Waals surface area contributed by atoms with Crippen LogP contribution in [0.2, 0.25) is 0 Å². The molecule has 1 saturated carbocycles. The van der Waals surface area contributed by atoms with Crippen molar-refractivity contribution in [3.05, 3.63) is 109 Å². The zero-order chi connectivity index (χ0) is 39.1. The van der Waals surface area contributed by atoms with Crippen molar-refractivity contribution in [1.29, 1.82) is 0 Å². The normalized spacial score (nSPS) is 22.4. The molecule has 1 fully saturated rings. The van der Waals surface area contributed by atoms with Gasteiger partial charge in [0.2, 0.25) is 0 Å². The van der Waals surface area contributed by atoms with Crippen LogP contribution in [0.4, 0.5) is 0 Å². The molecule has 0 saturated heterocycles. The Labute approximate surface area is 276 Å². The Kier molecular flexibility index (Phi) is 6.97. The summed E-state index contributed by atoms with van der Waals surface area (Å²) in [7, 11) is 0. The minimum absolute atomic E-state index is 0. The van der Waals surface area contributed by atoms with Gasteiger partial charge in [0.05, 0.1) is 5.48 Å². The SMILES string of the molecule is [2H]C([2H])([2H])C1=CN=CCC1.[2H]C=C[C-]=C([2H])C(=C[2H])C1([2H])CCCCC1.[2H]c1nc(-c2[c-]ccc3c2sc2nc(C([2H])([2H])[2H])ccc23)c([2H])c([2H])c1[2H].[Ir]. The first-order chi connectivity index (χ1) is 24.9. The van der Waals surface area contributed by atoms with E-state index in [0.29, 0.717) is 45.5 Å². The number of nitrogens with zero attached hydrogens (tertiary/aromatic N) is 3. The summed E-state index contributed by atoms with van der Waals surface area (Å²) < 4.78 is 106. The summed E-state index contributed by atoms with van der Waals surface area (Å²) in [5.41, 5.74) is 1.44. The predicted molar refractivity (Wildman–Crippen MR) is 169 cm³/mol. The Morgan fingerprint density at radius 3 is 2.92 bits per heavy atom. The molecule has 1 aliphatic carbocycles. The van der Waals surface area contributed by atoms with E-state index in [0.717, 1.165) is 49.6 Å². The van der Waals surface area contributed by atoms with Gasteiger partial charge in [0, 0.05) is 56.7 Å². The molecule has 1 aromatic carbocycles. The first-order valence-corrected chi connectivity index (χ1v) is 13.4. The van der Waals surface area contributed by atoms with Crippen molar-refractivity contribution in [1.82, 2.24) is 9.97 Å². The Bertz CT molecular complexity index is 2090. The maximum Gasteiger partial charge on any atom is 0.113 e. The number of allylic oxidation sites excluding steroid dienone is 5. The Balaban J connectivity index is 0.000000246. The van der Waals surface area contributed by atoms with Gasteiger partial charge >= 0.3 is 0 Å². The number of hydrogen-bond donors (Lipinski definition) is 0. The fraction of sp³-hybridized carbons (Fsp3) is 0.286. The molecule has 3 nitrogen and oxygen atoms in total. The van der Waals surface area contributed by atoms with E-state index in [4.69, 9.17) is 19.2 Å². The van der Waals surface area contributed by atoms with Crippen molar-refractivity contribution in [2.75, 3.05) is 0 Å². The molecule has 0 unspecified atom stereocenters. The fourth-order valence-electron chi connectivity index (χ4n) is 4.10. The average Bonchev–Trinajstić information content (AvgIpc) is 3.50. The first kappa shape index (κ1) is 17.1. The molecule has 0 atom stereocenters. The van der Waals surface area contributed by atoms with E-state index in [9.17, 15) is 0 Å². The van der Waals surface area contributed by atoms with Crippen molar-refractivity contribution >= 4 is 37.9 Å². The van der Waals surface area contributed by atoms with E-state index >= 15 is 0 Å². The van der Waals surface area contributed by atoms with Crippen LogP contribution in [-0.2, 0) is 20.1 Å². The minimum atomic E-state index is -2.31. The van der Waals surface area contributed by atoms with Gasteiger partial charge in [0.1, 0.15) is 4.83 Å². The fourth-order valence-corrected chi connectivity index (χ4v) is 5.28. The number of aliphatic imine (C=N–C) groups is 1. The number of hydrogen-bond acceptors (Lipinski definition) is 4. The number of aromatic nitrogens is 2. The van der Waals surface area contributed by atoms with Crippen LogP contribution in [0.1, 0.15) is 76.7 Å². The number of thiophene rings is 1. The molecule has 0 bridgehead atoms. The van der Waals surface area contributed by atoms with Gasteiger partial charge in [-0.05, 0) is 55.8 Å². The first-order valence-electron chi connectivity index (χ1n) is 19.7. The topological polar surface area (TPSA) is 38.1 Å². The molecule has 209 valence electrons. The molecule has 5 heteroatoms. The maximum atomic E-state index is 8.30. The van der Waals surface area contributed by atoms with Gasteiger partial charge < -0.3 is 4.98 Å². The molecular formula is C35H37IrN3S-2. The summed E-state index contributed by atoms with van der Waals surface area (Å²) in [5, 5.41) is 1.58. The molecule has 3 aromatic heterocycles. The second-order valence-corrected chi connectivity index (χ2v) is 9.73. The molecule has 0 N–H and O–H groups in total. The van der Waals surface area contributed by atoms with Crippen LogP contribution in [-0.4, -0.2) is 16.2 Å². The summed E-state index contributed by atoms with van der Waals surface area (Å²) in [6, 6.07) is 8.74. The van der Waals surface area contributed by atoms with Gasteiger partial charge in [0.25, 0.3) is 0 Å². The zero-order valence-electron chi connectivity index (χ0n) is 35.7. The summed E-state index contributed by atoms with van der Waals surface area (Å²) >= 11 is 1.25. The van der Waals surface area contributed by atoms with Gasteiger partial charge in [-0.25, -0.2) is 4.98 Å². The number of benzene rings is 1. The molecular weight excluding hydrogens is 687 g/mol. The van der Waals surface area contributed by atoms with Gasteiger partial charge in [-0.15, -0.1) is 29.3 Å². The molecule has 2 aliphatic rings. The summed E-state index contributed by atoms with van der Waals surface area (Å²) in [6.07, 6.45) is 12.7. The number of rotatable bonds is 4. The van der Waals surface area contributed by atoms with Gasteiger partial charge in [-0.2, -0.15) is 42.7 Å². The summed E-state index contributed by atoms with van der Waals surface area (Å²) in [6.45, 7) is -2.09. The van der Waals surface area contributed by atoms with Crippen LogP contribution >= 0.6 is 11.3 Å². The maximum absolute atomic E-state index is 8.30. The largest absolute Gasteiger partial charge is 0.305 e. The smallest absolute Gasteiger partial charge is 0.113 e. The van der Waals surface area contributed by atoms with Gasteiger partial charge in [0.15, 0.2) is 0 Å². The quantitative estimate of drug-likeness (QED) is 0.155. The van der Waals surface area contributed by atoms with E-state index in [1.807, 2.05) is 6.07 Å². The molecule has 4 aromatic rings. The third-order valence-electron chi connectivity index (χ3n) is 6.01. The number of pyridine rings is 2. The Hall–Kier alpha value is -2.98. The van der Waals surface area contributed by atoms with Crippen LogP contribution in [0.15, 0.2) is 96.1 Å². The van der Waals surface area contributed by atoms with Crippen molar-refractivity contribution in [3.63, 3.8) is 0 Å². The van der Waals surface area contributed by atoms with Crippen molar-refractivity contribution in [3.8, 4) is 11.3 Å². The van der Waals surface area contributed by atoms with Gasteiger partial charge in [-0.1, -0.05) is 67.1 Å². The molecule has 40 heavy (non-hydrogen) atoms. The zero-order valence-corrected chi connectivity index (χ0v) is 24.9. The third kappa shape index (κ3) is 8.76. The number of fused-ring (bicyclic) bond motifs is 3. The van der Waals surface area contributed by atoms with Crippen LogP contribution < -0.4 is 0 Å². The van der Waals surface area contributed by atoms with E-state index in [-0.39, 0.29) is 55.8 Å². The summed E-state index contributed by atoms with van der Waals surface area (Å²) in [5.74, 6) is -0.792. The molecule has 6 rings (SSSR count). The van der Waals surface area contributed by atoms with Crippen molar-refractivity contribution in [2.45, 2.75) is 58.6 Å². The molecule has 4 heterocycles. The monoisotopic (exact) mass is 738 g/mol. The molecule has 0 spiro atoms. The van der Waals surface area contributed by atoms with Crippen LogP contribution in [0, 0.1) is 24.9 Å². The van der Waals surface area contributed by atoms with E-state index < -0.39 is 25.6 Å². The van der Waals surface area contributed by atoms with E-state index in [1.54, 1.807) is 18.3 Å². The molecule has 1 aliphatic heterocycles. The minimum Gasteiger partial charge on any atom is -0.305 e. The van der Waals surface area contributed by atoms with E-state index in [1.165, 1.54) is 29.7 Å². The summed E-state index contributed by atoms with van der Waals surface area (Å²) in [4.78, 5) is 12.6.